The van der Waals surface area contributed by atoms with Gasteiger partial charge in [-0.05, 0) is 36.8 Å². The number of thiazole rings is 1. The molecule has 0 atom stereocenters. The van der Waals surface area contributed by atoms with E-state index in [0.29, 0.717) is 21.3 Å². The maximum absolute atomic E-state index is 12.8. The van der Waals surface area contributed by atoms with Gasteiger partial charge in [-0.25, -0.2) is 0 Å². The van der Waals surface area contributed by atoms with E-state index in [2.05, 4.69) is 15.6 Å². The highest BCUT2D eigenvalue weighted by Crippen LogP contribution is 2.34. The van der Waals surface area contributed by atoms with Gasteiger partial charge in [-0.15, -0.1) is 0 Å². The molecule has 1 aliphatic heterocycles. The number of nitrogens with one attached hydrogen (secondary N) is 2. The minimum absolute atomic E-state index is 0.0293. The Kier molecular flexibility index (Phi) is 4.21. The number of nitrogens with zero attached hydrogens (tertiary/aromatic N) is 1. The molecule has 2 heterocycles. The van der Waals surface area contributed by atoms with Gasteiger partial charge in [0.15, 0.2) is 5.13 Å². The van der Waals surface area contributed by atoms with Crippen molar-refractivity contribution in [3.63, 3.8) is 0 Å². The lowest BCUT2D eigenvalue weighted by molar-refractivity contribution is -0.112. The molecule has 2 aromatic carbocycles. The number of hydrogen-bond acceptors (Lipinski definition) is 6. The zero-order valence-corrected chi connectivity index (χ0v) is 15.1. The first-order valence-electron chi connectivity index (χ1n) is 8.22. The van der Waals surface area contributed by atoms with Crippen LogP contribution >= 0.6 is 11.3 Å². The Labute approximate surface area is 159 Å². The fourth-order valence-electron chi connectivity index (χ4n) is 2.83. The number of carbonyl (C=O) groups is 2. The van der Waals surface area contributed by atoms with Crippen LogP contribution in [0, 0.1) is 6.92 Å². The Hall–Kier alpha value is -3.45. The number of aromatic hydroxyl groups is 1. The SMILES string of the molecule is Cc1cccc2c1NC(=O)/C(=C\c1sc(Nc3ccccc3)nc1O)C2=O. The normalized spacial score (nSPS) is 14.8. The van der Waals surface area contributed by atoms with E-state index in [4.69, 9.17) is 0 Å². The maximum atomic E-state index is 12.8. The van der Waals surface area contributed by atoms with E-state index in [0.717, 1.165) is 22.6 Å². The van der Waals surface area contributed by atoms with E-state index in [1.807, 2.05) is 43.3 Å². The molecule has 0 unspecified atom stereocenters. The summed E-state index contributed by atoms with van der Waals surface area (Å²) >= 11 is 1.16. The van der Waals surface area contributed by atoms with Crippen molar-refractivity contribution >= 4 is 45.6 Å². The summed E-state index contributed by atoms with van der Waals surface area (Å²) in [4.78, 5) is 29.6. The molecule has 27 heavy (non-hydrogen) atoms. The van der Waals surface area contributed by atoms with Crippen LogP contribution in [0.1, 0.15) is 20.8 Å². The van der Waals surface area contributed by atoms with Crippen molar-refractivity contribution < 1.29 is 14.7 Å². The molecule has 1 aromatic heterocycles. The minimum atomic E-state index is -0.493. The van der Waals surface area contributed by atoms with Crippen molar-refractivity contribution in [2.45, 2.75) is 6.92 Å². The van der Waals surface area contributed by atoms with E-state index in [-0.39, 0.29) is 17.2 Å². The third-order valence-electron chi connectivity index (χ3n) is 4.18. The minimum Gasteiger partial charge on any atom is -0.492 e. The summed E-state index contributed by atoms with van der Waals surface area (Å²) in [5.41, 5.74) is 2.58. The van der Waals surface area contributed by atoms with Gasteiger partial charge in [-0.1, -0.05) is 41.7 Å². The molecule has 134 valence electrons. The van der Waals surface area contributed by atoms with Gasteiger partial charge in [0, 0.05) is 11.3 Å². The molecule has 3 N–H and O–H groups in total. The molecule has 0 fully saturated rings. The van der Waals surface area contributed by atoms with Crippen LogP contribution in [0.5, 0.6) is 5.88 Å². The Morgan fingerprint density at radius 3 is 2.67 bits per heavy atom. The van der Waals surface area contributed by atoms with Gasteiger partial charge in [0.25, 0.3) is 5.91 Å². The third-order valence-corrected chi connectivity index (χ3v) is 5.09. The lowest BCUT2D eigenvalue weighted by Crippen LogP contribution is -2.28. The lowest BCUT2D eigenvalue weighted by atomic mass is 9.94. The molecule has 0 saturated carbocycles. The zero-order valence-electron chi connectivity index (χ0n) is 14.3. The van der Waals surface area contributed by atoms with Gasteiger partial charge >= 0.3 is 0 Å². The number of anilines is 3. The van der Waals surface area contributed by atoms with Crippen LogP contribution in [0.25, 0.3) is 6.08 Å². The standard InChI is InChI=1S/C20H15N3O3S/c1-11-6-5-9-13-16(11)22-18(25)14(17(13)24)10-15-19(26)23-20(27-15)21-12-7-3-2-4-8-12/h2-10,26H,1H3,(H,21,23)(H,22,25)/b14-10-. The number of fused-ring (bicyclic) bond motifs is 1. The summed E-state index contributed by atoms with van der Waals surface area (Å²) in [5.74, 6) is -1.10. The van der Waals surface area contributed by atoms with Gasteiger partial charge in [0.05, 0.1) is 16.1 Å². The van der Waals surface area contributed by atoms with Crippen molar-refractivity contribution in [1.29, 1.82) is 0 Å². The summed E-state index contributed by atoms with van der Waals surface area (Å²) in [6.07, 6.45) is 1.38. The Morgan fingerprint density at radius 1 is 1.11 bits per heavy atom. The first-order chi connectivity index (χ1) is 13.0. The van der Waals surface area contributed by atoms with E-state index >= 15 is 0 Å². The van der Waals surface area contributed by atoms with Crippen LogP contribution in [0.15, 0.2) is 54.1 Å². The number of carbonyl (C=O) groups excluding carboxylic acids is 2. The van der Waals surface area contributed by atoms with Gasteiger partial charge in [-0.2, -0.15) is 4.98 Å². The molecule has 0 aliphatic carbocycles. The summed E-state index contributed by atoms with van der Waals surface area (Å²) in [7, 11) is 0. The number of aryl methyl sites for hydroxylation is 1. The quantitative estimate of drug-likeness (QED) is 0.472. The molecule has 0 spiro atoms. The molecule has 6 nitrogen and oxygen atoms in total. The third kappa shape index (κ3) is 3.20. The highest BCUT2D eigenvalue weighted by molar-refractivity contribution is 7.16. The van der Waals surface area contributed by atoms with Crippen LogP contribution in [0.4, 0.5) is 16.5 Å². The van der Waals surface area contributed by atoms with Crippen molar-refractivity contribution in [1.82, 2.24) is 4.98 Å². The predicted octanol–water partition coefficient (Wildman–Crippen LogP) is 4.12. The summed E-state index contributed by atoms with van der Waals surface area (Å²) in [6.45, 7) is 1.83. The van der Waals surface area contributed by atoms with Gasteiger partial charge in [0.2, 0.25) is 11.7 Å². The Morgan fingerprint density at radius 2 is 1.89 bits per heavy atom. The highest BCUT2D eigenvalue weighted by atomic mass is 32.1. The fourth-order valence-corrected chi connectivity index (χ4v) is 3.65. The number of rotatable bonds is 3. The van der Waals surface area contributed by atoms with Crippen molar-refractivity contribution in [2.75, 3.05) is 10.6 Å². The molecule has 1 aliphatic rings. The van der Waals surface area contributed by atoms with Crippen LogP contribution in [-0.2, 0) is 4.79 Å². The number of aromatic nitrogens is 1. The number of benzene rings is 2. The number of Topliss-reactive ketones (excluding diaryl/α,β-unsaturated/α-hetero) is 1. The molecule has 0 bridgehead atoms. The van der Waals surface area contributed by atoms with E-state index in [9.17, 15) is 14.7 Å². The second-order valence-corrected chi connectivity index (χ2v) is 7.07. The van der Waals surface area contributed by atoms with Gasteiger partial charge < -0.3 is 15.7 Å². The summed E-state index contributed by atoms with van der Waals surface area (Å²) in [6, 6.07) is 14.7. The summed E-state index contributed by atoms with van der Waals surface area (Å²) < 4.78 is 0. The fraction of sp³-hybridized carbons (Fsp3) is 0.0500. The molecule has 3 aromatic rings. The Bertz CT molecular complexity index is 1090. The molecular weight excluding hydrogens is 362 g/mol. The second kappa shape index (κ2) is 6.69. The van der Waals surface area contributed by atoms with Crippen LogP contribution in [0.3, 0.4) is 0 Å². The van der Waals surface area contributed by atoms with Crippen molar-refractivity contribution in [3.05, 3.63) is 70.1 Å². The van der Waals surface area contributed by atoms with Crippen molar-refractivity contribution in [2.24, 2.45) is 0 Å². The van der Waals surface area contributed by atoms with Crippen molar-refractivity contribution in [3.8, 4) is 5.88 Å². The number of ketones is 1. The highest BCUT2D eigenvalue weighted by Gasteiger charge is 2.29. The Balaban J connectivity index is 1.67. The molecule has 4 rings (SSSR count). The molecule has 0 saturated heterocycles. The second-order valence-electron chi connectivity index (χ2n) is 6.04. The monoisotopic (exact) mass is 377 g/mol. The van der Waals surface area contributed by atoms with Crippen LogP contribution in [-0.4, -0.2) is 21.8 Å². The van der Waals surface area contributed by atoms with E-state index in [1.54, 1.807) is 12.1 Å². The molecule has 1 amide bonds. The van der Waals surface area contributed by atoms with E-state index in [1.165, 1.54) is 6.08 Å². The van der Waals surface area contributed by atoms with Crippen LogP contribution in [0.2, 0.25) is 0 Å². The smallest absolute Gasteiger partial charge is 0.259 e. The van der Waals surface area contributed by atoms with Crippen LogP contribution < -0.4 is 10.6 Å². The zero-order chi connectivity index (χ0) is 19.0. The lowest BCUT2D eigenvalue weighted by Gasteiger charge is -2.19. The predicted molar refractivity (Wildman–Crippen MR) is 106 cm³/mol. The van der Waals surface area contributed by atoms with E-state index < -0.39 is 5.91 Å². The molecule has 7 heteroatoms. The average molecular weight is 377 g/mol. The first-order valence-corrected chi connectivity index (χ1v) is 9.04. The first kappa shape index (κ1) is 17.0. The number of hydrogen-bond donors (Lipinski definition) is 3. The molecule has 0 radical (unpaired) electrons. The van der Waals surface area contributed by atoms with Gasteiger partial charge in [-0.3, -0.25) is 9.59 Å². The maximum Gasteiger partial charge on any atom is 0.259 e. The largest absolute Gasteiger partial charge is 0.492 e. The summed E-state index contributed by atoms with van der Waals surface area (Å²) in [5, 5.41) is 16.4. The molecular formula is C20H15N3O3S. The number of amides is 1. The average Bonchev–Trinajstić information content (AvgIpc) is 2.99. The van der Waals surface area contributed by atoms with Gasteiger partial charge in [0.1, 0.15) is 0 Å². The number of para-hydroxylation sites is 2. The topological polar surface area (TPSA) is 91.3 Å².